The van der Waals surface area contributed by atoms with Crippen LogP contribution in [0.3, 0.4) is 0 Å². The molecule has 1 N–H and O–H groups in total. The summed E-state index contributed by atoms with van der Waals surface area (Å²) in [6.07, 6.45) is 5.87. The Morgan fingerprint density at radius 2 is 2.14 bits per heavy atom. The van der Waals surface area contributed by atoms with Gasteiger partial charge in [-0.1, -0.05) is 6.07 Å². The Balaban J connectivity index is 1.30. The topological polar surface area (TPSA) is 54.5 Å². The molecule has 0 spiro atoms. The zero-order valence-corrected chi connectivity index (χ0v) is 15.5. The first-order valence-corrected chi connectivity index (χ1v) is 9.66. The van der Waals surface area contributed by atoms with Crippen LogP contribution in [0.15, 0.2) is 36.5 Å². The number of benzene rings is 1. The van der Waals surface area contributed by atoms with Crippen molar-refractivity contribution in [1.82, 2.24) is 15.2 Å². The molecule has 4 rings (SSSR count). The number of fused-ring (bicyclic) bond motifs is 2. The molecule has 7 heteroatoms. The van der Waals surface area contributed by atoms with Crippen molar-refractivity contribution in [3.63, 3.8) is 0 Å². The first kappa shape index (κ1) is 18.8. The third kappa shape index (κ3) is 4.30. The quantitative estimate of drug-likeness (QED) is 0.788. The fraction of sp³-hybridized carbons (Fsp3) is 0.429. The molecule has 2 aliphatic rings. The van der Waals surface area contributed by atoms with Crippen LogP contribution in [0, 0.1) is 17.6 Å². The molecule has 1 saturated heterocycles. The summed E-state index contributed by atoms with van der Waals surface area (Å²) in [7, 11) is 0. The molecule has 2 aromatic rings. The number of carbonyl (C=O) groups is 1. The van der Waals surface area contributed by atoms with Gasteiger partial charge in [0, 0.05) is 49.9 Å². The van der Waals surface area contributed by atoms with Crippen LogP contribution in [0.5, 0.6) is 11.6 Å². The second-order valence-electron chi connectivity index (χ2n) is 7.50. The van der Waals surface area contributed by atoms with E-state index < -0.39 is 11.6 Å². The first-order chi connectivity index (χ1) is 13.6. The van der Waals surface area contributed by atoms with Gasteiger partial charge in [0.15, 0.2) is 11.6 Å². The van der Waals surface area contributed by atoms with Crippen molar-refractivity contribution in [2.24, 2.45) is 5.92 Å². The molecule has 1 aromatic carbocycles. The van der Waals surface area contributed by atoms with Crippen LogP contribution >= 0.6 is 0 Å². The van der Waals surface area contributed by atoms with Gasteiger partial charge in [-0.25, -0.2) is 13.8 Å². The number of amides is 1. The van der Waals surface area contributed by atoms with Crippen molar-refractivity contribution in [3.8, 4) is 11.6 Å². The van der Waals surface area contributed by atoms with Crippen molar-refractivity contribution >= 4 is 5.91 Å². The summed E-state index contributed by atoms with van der Waals surface area (Å²) < 4.78 is 32.0. The van der Waals surface area contributed by atoms with Crippen LogP contribution in [-0.2, 0) is 11.3 Å². The Bertz CT molecular complexity index is 861. The minimum absolute atomic E-state index is 0.0228. The van der Waals surface area contributed by atoms with Crippen molar-refractivity contribution in [2.45, 2.75) is 38.3 Å². The third-order valence-corrected chi connectivity index (χ3v) is 5.58. The second-order valence-corrected chi connectivity index (χ2v) is 7.50. The minimum Gasteiger partial charge on any atom is -0.439 e. The number of hydrogen-bond donors (Lipinski definition) is 1. The highest BCUT2D eigenvalue weighted by atomic mass is 19.2. The smallest absolute Gasteiger partial charge is 0.224 e. The van der Waals surface area contributed by atoms with Gasteiger partial charge in [0.2, 0.25) is 11.8 Å². The average molecular weight is 387 g/mol. The summed E-state index contributed by atoms with van der Waals surface area (Å²) in [6.45, 7) is 2.17. The standard InChI is InChI=1S/C21H23F2N3O2/c22-18-6-5-17(11-19(18)23)28-21-15(2-1-8-24-21)12-25-20(27)7-9-26-13-14-3-4-16(26)10-14/h1-2,5-6,8,11,14,16H,3-4,7,9-10,12-13H2,(H,25,27)/t14-,16-/m1/s1. The van der Waals surface area contributed by atoms with Crippen LogP contribution in [0.2, 0.25) is 0 Å². The third-order valence-electron chi connectivity index (χ3n) is 5.58. The molecule has 2 fully saturated rings. The fourth-order valence-electron chi connectivity index (χ4n) is 4.13. The van der Waals surface area contributed by atoms with E-state index in [-0.39, 0.29) is 24.1 Å². The maximum atomic E-state index is 13.4. The summed E-state index contributed by atoms with van der Waals surface area (Å²) in [4.78, 5) is 18.8. The van der Waals surface area contributed by atoms with E-state index in [0.29, 0.717) is 18.0 Å². The van der Waals surface area contributed by atoms with Crippen molar-refractivity contribution < 1.29 is 18.3 Å². The van der Waals surface area contributed by atoms with E-state index in [1.165, 1.54) is 25.3 Å². The van der Waals surface area contributed by atoms with Crippen LogP contribution in [0.4, 0.5) is 8.78 Å². The second kappa shape index (κ2) is 8.22. The maximum absolute atomic E-state index is 13.4. The lowest BCUT2D eigenvalue weighted by molar-refractivity contribution is -0.121. The van der Waals surface area contributed by atoms with Gasteiger partial charge in [-0.2, -0.15) is 0 Å². The zero-order valence-electron chi connectivity index (χ0n) is 15.5. The maximum Gasteiger partial charge on any atom is 0.224 e. The van der Waals surface area contributed by atoms with Gasteiger partial charge >= 0.3 is 0 Å². The Labute approximate surface area is 162 Å². The lowest BCUT2D eigenvalue weighted by Crippen LogP contribution is -2.35. The Hall–Kier alpha value is -2.54. The van der Waals surface area contributed by atoms with Gasteiger partial charge in [-0.05, 0) is 43.4 Å². The molecule has 1 amide bonds. The molecule has 0 unspecified atom stereocenters. The molecule has 1 aromatic heterocycles. The summed E-state index contributed by atoms with van der Waals surface area (Å²) in [6, 6.07) is 7.48. The first-order valence-electron chi connectivity index (χ1n) is 9.66. The van der Waals surface area contributed by atoms with E-state index in [4.69, 9.17) is 4.74 Å². The van der Waals surface area contributed by atoms with Gasteiger partial charge in [-0.3, -0.25) is 9.69 Å². The van der Waals surface area contributed by atoms with Crippen molar-refractivity contribution in [2.75, 3.05) is 13.1 Å². The molecule has 2 atom stereocenters. The predicted octanol–water partition coefficient (Wildman–Crippen LogP) is 3.64. The minimum atomic E-state index is -0.987. The van der Waals surface area contributed by atoms with E-state index in [2.05, 4.69) is 15.2 Å². The van der Waals surface area contributed by atoms with Gasteiger partial charge < -0.3 is 10.1 Å². The molecular formula is C21H23F2N3O2. The normalized spacial score (nSPS) is 21.1. The van der Waals surface area contributed by atoms with Gasteiger partial charge in [0.05, 0.1) is 0 Å². The van der Waals surface area contributed by atoms with Crippen LogP contribution in [0.1, 0.15) is 31.2 Å². The number of pyridine rings is 1. The molecule has 1 aliphatic heterocycles. The van der Waals surface area contributed by atoms with E-state index in [0.717, 1.165) is 31.1 Å². The highest BCUT2D eigenvalue weighted by molar-refractivity contribution is 5.76. The molecule has 2 bridgehead atoms. The number of nitrogens with one attached hydrogen (secondary N) is 1. The van der Waals surface area contributed by atoms with Gasteiger partial charge in [0.25, 0.3) is 0 Å². The average Bonchev–Trinajstić information content (AvgIpc) is 3.32. The number of halogens is 2. The Morgan fingerprint density at radius 3 is 2.89 bits per heavy atom. The number of nitrogens with zero attached hydrogens (tertiary/aromatic N) is 2. The lowest BCUT2D eigenvalue weighted by Gasteiger charge is -2.26. The number of rotatable bonds is 7. The largest absolute Gasteiger partial charge is 0.439 e. The molecule has 5 nitrogen and oxygen atoms in total. The number of ether oxygens (including phenoxy) is 1. The van der Waals surface area contributed by atoms with Crippen molar-refractivity contribution in [1.29, 1.82) is 0 Å². The monoisotopic (exact) mass is 387 g/mol. The molecule has 1 saturated carbocycles. The van der Waals surface area contributed by atoms with E-state index in [1.807, 2.05) is 0 Å². The van der Waals surface area contributed by atoms with Gasteiger partial charge in [-0.15, -0.1) is 0 Å². The molecule has 1 aliphatic carbocycles. The summed E-state index contributed by atoms with van der Waals surface area (Å²) in [5.74, 6) is -0.726. The Kier molecular flexibility index (Phi) is 5.52. The highest BCUT2D eigenvalue weighted by Gasteiger charge is 2.37. The molecule has 0 radical (unpaired) electrons. The summed E-state index contributed by atoms with van der Waals surface area (Å²) in [5.41, 5.74) is 0.667. The SMILES string of the molecule is O=C(CCN1C[C@@H]2CC[C@@H]1C2)NCc1cccnc1Oc1ccc(F)c(F)c1. The number of likely N-dealkylation sites (tertiary alicyclic amines) is 1. The molecule has 148 valence electrons. The molecule has 28 heavy (non-hydrogen) atoms. The molecular weight excluding hydrogens is 364 g/mol. The van der Waals surface area contributed by atoms with E-state index in [9.17, 15) is 13.6 Å². The number of aromatic nitrogens is 1. The van der Waals surface area contributed by atoms with E-state index in [1.54, 1.807) is 18.3 Å². The fourth-order valence-corrected chi connectivity index (χ4v) is 4.13. The number of carbonyl (C=O) groups excluding carboxylic acids is 1. The van der Waals surface area contributed by atoms with Gasteiger partial charge in [0.1, 0.15) is 5.75 Å². The van der Waals surface area contributed by atoms with Crippen molar-refractivity contribution in [3.05, 3.63) is 53.7 Å². The van der Waals surface area contributed by atoms with Crippen LogP contribution in [-0.4, -0.2) is 34.9 Å². The predicted molar refractivity (Wildman–Crippen MR) is 99.8 cm³/mol. The zero-order chi connectivity index (χ0) is 19.5. The Morgan fingerprint density at radius 1 is 1.25 bits per heavy atom. The highest BCUT2D eigenvalue weighted by Crippen LogP contribution is 2.37. The van der Waals surface area contributed by atoms with Crippen LogP contribution < -0.4 is 10.1 Å². The number of piperidine rings is 1. The molecule has 2 heterocycles. The lowest BCUT2D eigenvalue weighted by atomic mass is 10.1. The van der Waals surface area contributed by atoms with Crippen LogP contribution in [0.25, 0.3) is 0 Å². The summed E-state index contributed by atoms with van der Waals surface area (Å²) in [5, 5.41) is 2.89. The van der Waals surface area contributed by atoms with E-state index >= 15 is 0 Å². The number of hydrogen-bond acceptors (Lipinski definition) is 4. The summed E-state index contributed by atoms with van der Waals surface area (Å²) >= 11 is 0.